The molecule has 0 bridgehead atoms. The Bertz CT molecular complexity index is 408. The van der Waals surface area contributed by atoms with Gasteiger partial charge in [-0.15, -0.1) is 0 Å². The highest BCUT2D eigenvalue weighted by Gasteiger charge is 2.48. The molecule has 0 aliphatic carbocycles. The molecule has 10 heteroatoms. The van der Waals surface area contributed by atoms with Crippen LogP contribution in [0.1, 0.15) is 19.8 Å². The second kappa shape index (κ2) is 10.2. The van der Waals surface area contributed by atoms with E-state index in [1.807, 2.05) is 6.92 Å². The summed E-state index contributed by atoms with van der Waals surface area (Å²) in [5.74, 6) is 0. The number of hydrogen-bond donors (Lipinski definition) is 5. The Kier molecular flexibility index (Phi) is 8.61. The zero-order valence-electron chi connectivity index (χ0n) is 15.0. The zero-order chi connectivity index (χ0) is 19.3. The molecule has 2 fully saturated rings. The lowest BCUT2D eigenvalue weighted by Gasteiger charge is -2.45. The first-order valence-electron chi connectivity index (χ1n) is 8.83. The summed E-state index contributed by atoms with van der Waals surface area (Å²) in [5.41, 5.74) is 0. The van der Waals surface area contributed by atoms with Crippen molar-refractivity contribution in [2.45, 2.75) is 75.1 Å². The van der Waals surface area contributed by atoms with Crippen LogP contribution in [0.4, 0.5) is 0 Å². The molecule has 2 heterocycles. The van der Waals surface area contributed by atoms with Crippen LogP contribution in [0.2, 0.25) is 0 Å². The molecule has 2 aliphatic heterocycles. The summed E-state index contributed by atoms with van der Waals surface area (Å²) in [7, 11) is 1.44. The fourth-order valence-electron chi connectivity index (χ4n) is 3.13. The van der Waals surface area contributed by atoms with Crippen LogP contribution in [0.5, 0.6) is 0 Å². The van der Waals surface area contributed by atoms with Crippen molar-refractivity contribution in [3.63, 3.8) is 0 Å². The predicted molar refractivity (Wildman–Crippen MR) is 86.0 cm³/mol. The molecule has 0 radical (unpaired) electrons. The monoisotopic (exact) mass is 382 g/mol. The molecule has 8 unspecified atom stereocenters. The largest absolute Gasteiger partial charge is 0.394 e. The maximum absolute atomic E-state index is 10.4. The Hall–Kier alpha value is -0.400. The van der Waals surface area contributed by atoms with Gasteiger partial charge in [0.2, 0.25) is 0 Å². The van der Waals surface area contributed by atoms with E-state index in [1.54, 1.807) is 0 Å². The highest BCUT2D eigenvalue weighted by Crippen LogP contribution is 2.29. The van der Waals surface area contributed by atoms with E-state index in [0.29, 0.717) is 13.0 Å². The fourth-order valence-corrected chi connectivity index (χ4v) is 3.13. The maximum atomic E-state index is 10.4. The van der Waals surface area contributed by atoms with Crippen molar-refractivity contribution < 1.29 is 49.2 Å². The number of methoxy groups -OCH3 is 1. The molecule has 0 spiro atoms. The summed E-state index contributed by atoms with van der Waals surface area (Å²) in [6.45, 7) is 1.37. The molecule has 9 atom stereocenters. The molecule has 2 saturated heterocycles. The van der Waals surface area contributed by atoms with Gasteiger partial charge in [-0.2, -0.15) is 0 Å². The number of hydrogen-bond acceptors (Lipinski definition) is 10. The van der Waals surface area contributed by atoms with E-state index in [9.17, 15) is 25.5 Å². The molecule has 0 amide bonds. The lowest BCUT2D eigenvalue weighted by molar-refractivity contribution is -0.350. The van der Waals surface area contributed by atoms with Gasteiger partial charge in [-0.25, -0.2) is 0 Å². The Morgan fingerprint density at radius 1 is 0.962 bits per heavy atom. The number of ether oxygens (including phenoxy) is 5. The van der Waals surface area contributed by atoms with Crippen LogP contribution in [-0.4, -0.2) is 108 Å². The average Bonchev–Trinajstić information content (AvgIpc) is 2.65. The smallest absolute Gasteiger partial charge is 0.186 e. The predicted octanol–water partition coefficient (Wildman–Crippen LogP) is -2.28. The van der Waals surface area contributed by atoms with Crippen molar-refractivity contribution in [3.8, 4) is 0 Å². The van der Waals surface area contributed by atoms with Crippen LogP contribution in [0, 0.1) is 0 Å². The highest BCUT2D eigenvalue weighted by atomic mass is 16.7. The molecule has 10 nitrogen and oxygen atoms in total. The van der Waals surface area contributed by atoms with Crippen molar-refractivity contribution in [2.24, 2.45) is 0 Å². The van der Waals surface area contributed by atoms with Crippen molar-refractivity contribution in [3.05, 3.63) is 0 Å². The SMILES string of the molecule is CCCOC1OC(CO)C(OC2OC(CO)C(OC)C[C@@H]2O)C(O)C1O. The van der Waals surface area contributed by atoms with Crippen molar-refractivity contribution in [1.82, 2.24) is 0 Å². The first-order chi connectivity index (χ1) is 12.5. The van der Waals surface area contributed by atoms with Crippen molar-refractivity contribution in [1.29, 1.82) is 0 Å². The normalized spacial score (nSPS) is 44.2. The van der Waals surface area contributed by atoms with Crippen LogP contribution in [0.15, 0.2) is 0 Å². The maximum Gasteiger partial charge on any atom is 0.186 e. The van der Waals surface area contributed by atoms with Gasteiger partial charge in [0, 0.05) is 20.1 Å². The lowest BCUT2D eigenvalue weighted by atomic mass is 9.98. The van der Waals surface area contributed by atoms with E-state index in [2.05, 4.69) is 0 Å². The fraction of sp³-hybridized carbons (Fsp3) is 1.00. The molecular weight excluding hydrogens is 352 g/mol. The second-order valence-electron chi connectivity index (χ2n) is 6.48. The van der Waals surface area contributed by atoms with E-state index in [-0.39, 0.29) is 13.0 Å². The van der Waals surface area contributed by atoms with Crippen LogP contribution < -0.4 is 0 Å². The Morgan fingerprint density at radius 3 is 2.19 bits per heavy atom. The Morgan fingerprint density at radius 2 is 1.62 bits per heavy atom. The van der Waals surface area contributed by atoms with Gasteiger partial charge in [0.05, 0.1) is 19.3 Å². The minimum absolute atomic E-state index is 0.157. The van der Waals surface area contributed by atoms with E-state index >= 15 is 0 Å². The minimum atomic E-state index is -1.42. The quantitative estimate of drug-likeness (QED) is 0.311. The van der Waals surface area contributed by atoms with E-state index in [0.717, 1.165) is 0 Å². The molecule has 26 heavy (non-hydrogen) atoms. The topological polar surface area (TPSA) is 147 Å². The molecule has 0 aromatic carbocycles. The summed E-state index contributed by atoms with van der Waals surface area (Å²) >= 11 is 0. The first kappa shape index (κ1) is 21.9. The third-order valence-electron chi connectivity index (χ3n) is 4.59. The van der Waals surface area contributed by atoms with E-state index in [4.69, 9.17) is 23.7 Å². The van der Waals surface area contributed by atoms with E-state index in [1.165, 1.54) is 7.11 Å². The lowest BCUT2D eigenvalue weighted by Crippen LogP contribution is -2.62. The number of aliphatic hydroxyl groups is 5. The summed E-state index contributed by atoms with van der Waals surface area (Å²) in [5, 5.41) is 49.8. The standard InChI is InChI=1S/C16H30O10/c1-3-4-23-16-13(21)12(20)14(11(7-18)25-16)26-15-8(19)5-9(22-2)10(6-17)24-15/h8-21H,3-7H2,1-2H3/t8-,9?,10?,11?,12?,13?,14?,15?,16?/m0/s1. The molecule has 0 saturated carbocycles. The molecule has 0 aromatic heterocycles. The summed E-state index contributed by atoms with van der Waals surface area (Å²) in [6.07, 6.45) is -8.70. The van der Waals surface area contributed by atoms with Crippen LogP contribution >= 0.6 is 0 Å². The molecule has 0 aromatic rings. The van der Waals surface area contributed by atoms with Gasteiger partial charge in [0.15, 0.2) is 12.6 Å². The third kappa shape index (κ3) is 4.90. The third-order valence-corrected chi connectivity index (χ3v) is 4.59. The van der Waals surface area contributed by atoms with Gasteiger partial charge >= 0.3 is 0 Å². The Balaban J connectivity index is 2.04. The van der Waals surface area contributed by atoms with Gasteiger partial charge in [0.25, 0.3) is 0 Å². The van der Waals surface area contributed by atoms with Crippen molar-refractivity contribution in [2.75, 3.05) is 26.9 Å². The minimum Gasteiger partial charge on any atom is -0.394 e. The molecule has 154 valence electrons. The average molecular weight is 382 g/mol. The van der Waals surface area contributed by atoms with Gasteiger partial charge < -0.3 is 49.2 Å². The van der Waals surface area contributed by atoms with Crippen LogP contribution in [0.3, 0.4) is 0 Å². The second-order valence-corrected chi connectivity index (χ2v) is 6.48. The van der Waals surface area contributed by atoms with Gasteiger partial charge in [-0.3, -0.25) is 0 Å². The van der Waals surface area contributed by atoms with Crippen LogP contribution in [-0.2, 0) is 23.7 Å². The number of aliphatic hydroxyl groups excluding tert-OH is 5. The summed E-state index contributed by atoms with van der Waals surface area (Å²) in [6, 6.07) is 0. The van der Waals surface area contributed by atoms with Crippen LogP contribution in [0.25, 0.3) is 0 Å². The molecule has 2 aliphatic rings. The van der Waals surface area contributed by atoms with Crippen molar-refractivity contribution >= 4 is 0 Å². The van der Waals surface area contributed by atoms with Gasteiger partial charge in [0.1, 0.15) is 36.6 Å². The molecule has 2 rings (SSSR count). The van der Waals surface area contributed by atoms with E-state index < -0.39 is 61.9 Å². The zero-order valence-corrected chi connectivity index (χ0v) is 15.0. The summed E-state index contributed by atoms with van der Waals surface area (Å²) < 4.78 is 27.1. The number of rotatable bonds is 8. The summed E-state index contributed by atoms with van der Waals surface area (Å²) in [4.78, 5) is 0. The Labute approximate surface area is 152 Å². The van der Waals surface area contributed by atoms with Gasteiger partial charge in [-0.05, 0) is 6.42 Å². The van der Waals surface area contributed by atoms with Gasteiger partial charge in [-0.1, -0.05) is 6.92 Å². The first-order valence-corrected chi connectivity index (χ1v) is 8.83. The molecule has 5 N–H and O–H groups in total. The molecular formula is C16H30O10. The highest BCUT2D eigenvalue weighted by molar-refractivity contribution is 4.92.